The Morgan fingerprint density at radius 2 is 0.864 bits per heavy atom. The molecule has 0 aliphatic carbocycles. The van der Waals surface area contributed by atoms with Crippen molar-refractivity contribution in [3.63, 3.8) is 0 Å². The Hall–Kier alpha value is -0.910. The molecule has 0 rings (SSSR count). The molecule has 0 aromatic heterocycles. The van der Waals surface area contributed by atoms with Crippen LogP contribution in [-0.2, 0) is 0 Å². The summed E-state index contributed by atoms with van der Waals surface area (Å²) in [5.74, 6) is -32.6. The first kappa shape index (κ1) is 21.1. The van der Waals surface area contributed by atoms with Gasteiger partial charge in [0.25, 0.3) is 0 Å². The molecule has 13 heteroatoms. The smallest absolute Gasteiger partial charge is 0.207 e. The average Bonchev–Trinajstić information content (AvgIpc) is 2.23. The second-order valence-corrected chi connectivity index (χ2v) is 4.50. The third-order valence-electron chi connectivity index (χ3n) is 2.48. The number of halogens is 13. The lowest BCUT2D eigenvalue weighted by atomic mass is 9.94. The van der Waals surface area contributed by atoms with Crippen molar-refractivity contribution in [3.05, 3.63) is 0 Å². The summed E-state index contributed by atoms with van der Waals surface area (Å²) >= 11 is 0. The summed E-state index contributed by atoms with van der Waals surface area (Å²) in [6.45, 7) is -0.0658. The van der Waals surface area contributed by atoms with Gasteiger partial charge >= 0.3 is 29.9 Å². The molecule has 0 aromatic carbocycles. The van der Waals surface area contributed by atoms with Crippen LogP contribution in [0, 0.1) is 0 Å². The molecule has 0 nitrogen and oxygen atoms in total. The summed E-state index contributed by atoms with van der Waals surface area (Å²) in [5, 5.41) is 0. The lowest BCUT2D eigenvalue weighted by Crippen LogP contribution is -2.66. The fourth-order valence-electron chi connectivity index (χ4n) is 1.14. The van der Waals surface area contributed by atoms with Crippen molar-refractivity contribution in [1.82, 2.24) is 0 Å². The minimum Gasteiger partial charge on any atom is -0.207 e. The van der Waals surface area contributed by atoms with Gasteiger partial charge in [-0.05, 0) is 6.92 Å². The van der Waals surface area contributed by atoms with Crippen LogP contribution in [0.1, 0.15) is 19.8 Å². The van der Waals surface area contributed by atoms with E-state index in [0.717, 1.165) is 0 Å². The minimum absolute atomic E-state index is 0.0658. The highest BCUT2D eigenvalue weighted by molar-refractivity contribution is 5.06. The van der Waals surface area contributed by atoms with E-state index in [2.05, 4.69) is 0 Å². The maximum atomic E-state index is 12.9. The quantitative estimate of drug-likeness (QED) is 0.546. The molecule has 0 heterocycles. The highest BCUT2D eigenvalue weighted by Gasteiger charge is 2.86. The standard InChI is InChI=1S/C9H7F13/c1-4(10,11)2-3-5(12,13)6(14,15)7(16,17)8(18,19)9(20,21)22/h2-3H2,1H3. The molecule has 134 valence electrons. The zero-order valence-corrected chi connectivity index (χ0v) is 10.3. The molecule has 22 heavy (non-hydrogen) atoms. The van der Waals surface area contributed by atoms with Crippen LogP contribution in [0.15, 0.2) is 0 Å². The Kier molecular flexibility index (Phi) is 5.10. The molecule has 0 bridgehead atoms. The summed E-state index contributed by atoms with van der Waals surface area (Å²) in [6.07, 6.45) is -12.1. The van der Waals surface area contributed by atoms with E-state index >= 15 is 0 Å². The third kappa shape index (κ3) is 3.53. The monoisotopic (exact) mass is 362 g/mol. The lowest BCUT2D eigenvalue weighted by molar-refractivity contribution is -0.423. The highest BCUT2D eigenvalue weighted by Crippen LogP contribution is 2.58. The Bertz CT molecular complexity index is 385. The zero-order chi connectivity index (χ0) is 18.4. The molecule has 0 unspecified atom stereocenters. The third-order valence-corrected chi connectivity index (χ3v) is 2.48. The van der Waals surface area contributed by atoms with Crippen LogP contribution < -0.4 is 0 Å². The van der Waals surface area contributed by atoms with Gasteiger partial charge in [0, 0.05) is 12.8 Å². The Morgan fingerprint density at radius 3 is 1.14 bits per heavy atom. The molecule has 0 spiro atoms. The van der Waals surface area contributed by atoms with Crippen molar-refractivity contribution in [2.75, 3.05) is 0 Å². The molecular formula is C9H7F13. The van der Waals surface area contributed by atoms with Crippen molar-refractivity contribution >= 4 is 0 Å². The SMILES string of the molecule is CC(F)(F)CCC(F)(F)C(F)(F)C(F)(F)C(F)(F)C(F)(F)F. The molecule has 0 saturated carbocycles. The van der Waals surface area contributed by atoms with E-state index in [1.807, 2.05) is 0 Å². The van der Waals surface area contributed by atoms with Crippen LogP contribution in [0.5, 0.6) is 0 Å². The second-order valence-electron chi connectivity index (χ2n) is 4.50. The number of hydrogen-bond acceptors (Lipinski definition) is 0. The van der Waals surface area contributed by atoms with Crippen LogP contribution in [-0.4, -0.2) is 35.8 Å². The van der Waals surface area contributed by atoms with Crippen molar-refractivity contribution in [2.45, 2.75) is 55.6 Å². The number of rotatable bonds is 6. The maximum Gasteiger partial charge on any atom is 0.460 e. The van der Waals surface area contributed by atoms with E-state index in [4.69, 9.17) is 0 Å². The number of alkyl halides is 13. The fourth-order valence-corrected chi connectivity index (χ4v) is 1.14. The molecule has 0 fully saturated rings. The molecule has 0 N–H and O–H groups in total. The Morgan fingerprint density at radius 1 is 0.500 bits per heavy atom. The molecule has 0 saturated heterocycles. The molecule has 0 aromatic rings. The van der Waals surface area contributed by atoms with Gasteiger partial charge in [-0.25, -0.2) is 8.78 Å². The lowest BCUT2D eigenvalue weighted by Gasteiger charge is -2.37. The first-order chi connectivity index (χ1) is 9.21. The first-order valence-electron chi connectivity index (χ1n) is 5.16. The van der Waals surface area contributed by atoms with Gasteiger partial charge < -0.3 is 0 Å². The number of hydrogen-bond donors (Lipinski definition) is 0. The van der Waals surface area contributed by atoms with Crippen molar-refractivity contribution in [1.29, 1.82) is 0 Å². The molecule has 0 radical (unpaired) electrons. The van der Waals surface area contributed by atoms with Gasteiger partial charge in [0.15, 0.2) is 0 Å². The fraction of sp³-hybridized carbons (Fsp3) is 1.00. The van der Waals surface area contributed by atoms with Gasteiger partial charge in [-0.2, -0.15) is 48.3 Å². The van der Waals surface area contributed by atoms with E-state index < -0.39 is 48.6 Å². The summed E-state index contributed by atoms with van der Waals surface area (Å²) in [5.41, 5.74) is 0. The topological polar surface area (TPSA) is 0 Å². The van der Waals surface area contributed by atoms with Crippen LogP contribution >= 0.6 is 0 Å². The predicted molar refractivity (Wildman–Crippen MR) is 45.7 cm³/mol. The molecule has 0 amide bonds. The summed E-state index contributed by atoms with van der Waals surface area (Å²) in [7, 11) is 0. The van der Waals surface area contributed by atoms with Crippen LogP contribution in [0.3, 0.4) is 0 Å². The second kappa shape index (κ2) is 5.32. The van der Waals surface area contributed by atoms with Crippen molar-refractivity contribution < 1.29 is 57.1 Å². The van der Waals surface area contributed by atoms with Crippen molar-refractivity contribution in [3.8, 4) is 0 Å². The predicted octanol–water partition coefficient (Wildman–Crippen LogP) is 5.53. The minimum atomic E-state index is -7.55. The Labute approximate surface area is 114 Å². The van der Waals surface area contributed by atoms with E-state index in [0.29, 0.717) is 0 Å². The van der Waals surface area contributed by atoms with Crippen LogP contribution in [0.2, 0.25) is 0 Å². The Balaban J connectivity index is 5.69. The van der Waals surface area contributed by atoms with Gasteiger partial charge in [0.05, 0.1) is 0 Å². The summed E-state index contributed by atoms with van der Waals surface area (Å²) < 4.78 is 161. The van der Waals surface area contributed by atoms with Gasteiger partial charge in [0.1, 0.15) is 0 Å². The molecule has 0 atom stereocenters. The van der Waals surface area contributed by atoms with E-state index in [9.17, 15) is 57.1 Å². The zero-order valence-electron chi connectivity index (χ0n) is 10.3. The highest BCUT2D eigenvalue weighted by atomic mass is 19.4. The van der Waals surface area contributed by atoms with Crippen LogP contribution in [0.4, 0.5) is 57.1 Å². The van der Waals surface area contributed by atoms with Gasteiger partial charge in [-0.15, -0.1) is 0 Å². The molecular weight excluding hydrogens is 355 g/mol. The largest absolute Gasteiger partial charge is 0.460 e. The van der Waals surface area contributed by atoms with Gasteiger partial charge in [-0.1, -0.05) is 0 Å². The van der Waals surface area contributed by atoms with E-state index in [1.54, 1.807) is 0 Å². The van der Waals surface area contributed by atoms with Crippen molar-refractivity contribution in [2.24, 2.45) is 0 Å². The van der Waals surface area contributed by atoms with E-state index in [1.165, 1.54) is 0 Å². The first-order valence-corrected chi connectivity index (χ1v) is 5.16. The molecule has 0 aliphatic heterocycles. The normalized spacial score (nSPS) is 16.1. The van der Waals surface area contributed by atoms with Gasteiger partial charge in [-0.3, -0.25) is 0 Å². The van der Waals surface area contributed by atoms with Gasteiger partial charge in [0.2, 0.25) is 5.92 Å². The molecule has 0 aliphatic rings. The average molecular weight is 362 g/mol. The summed E-state index contributed by atoms with van der Waals surface area (Å²) in [6, 6.07) is 0. The maximum absolute atomic E-state index is 12.9. The van der Waals surface area contributed by atoms with E-state index in [-0.39, 0.29) is 6.92 Å². The summed E-state index contributed by atoms with van der Waals surface area (Å²) in [4.78, 5) is 0. The van der Waals surface area contributed by atoms with Crippen LogP contribution in [0.25, 0.3) is 0 Å².